The fourth-order valence-corrected chi connectivity index (χ4v) is 2.26. The number of hydrogen-bond acceptors (Lipinski definition) is 1. The summed E-state index contributed by atoms with van der Waals surface area (Å²) < 4.78 is 0. The number of nitrogens with one attached hydrogen (secondary N) is 1. The van der Waals surface area contributed by atoms with Gasteiger partial charge in [-0.05, 0) is 35.9 Å². The summed E-state index contributed by atoms with van der Waals surface area (Å²) in [6.45, 7) is 9.88. The Morgan fingerprint density at radius 2 is 1.84 bits per heavy atom. The molecular formula is C18H27N. The molecule has 0 spiro atoms. The maximum Gasteiger partial charge on any atom is 0.0320 e. The van der Waals surface area contributed by atoms with Gasteiger partial charge in [-0.2, -0.15) is 0 Å². The van der Waals surface area contributed by atoms with Crippen LogP contribution in [0.15, 0.2) is 24.3 Å². The Kier molecular flexibility index (Phi) is 6.12. The van der Waals surface area contributed by atoms with E-state index in [1.54, 1.807) is 0 Å². The lowest BCUT2D eigenvalue weighted by molar-refractivity contribution is 0.501. The van der Waals surface area contributed by atoms with Crippen molar-refractivity contribution in [1.29, 1.82) is 0 Å². The van der Waals surface area contributed by atoms with E-state index in [4.69, 9.17) is 6.42 Å². The van der Waals surface area contributed by atoms with Crippen LogP contribution >= 0.6 is 0 Å². The van der Waals surface area contributed by atoms with Crippen LogP contribution in [0.5, 0.6) is 0 Å². The first-order valence-electron chi connectivity index (χ1n) is 7.26. The second kappa shape index (κ2) is 7.36. The van der Waals surface area contributed by atoms with E-state index in [9.17, 15) is 0 Å². The number of hydrogen-bond donors (Lipinski definition) is 1. The highest BCUT2D eigenvalue weighted by Crippen LogP contribution is 2.25. The predicted octanol–water partition coefficient (Wildman–Crippen LogP) is 4.44. The molecule has 1 nitrogen and oxygen atoms in total. The minimum Gasteiger partial charge on any atom is -0.310 e. The van der Waals surface area contributed by atoms with Crippen LogP contribution in [0.2, 0.25) is 0 Å². The molecule has 1 N–H and O–H groups in total. The van der Waals surface area contributed by atoms with Gasteiger partial charge in [0.05, 0.1) is 0 Å². The lowest BCUT2D eigenvalue weighted by Gasteiger charge is -2.22. The van der Waals surface area contributed by atoms with Gasteiger partial charge in [0.1, 0.15) is 0 Å². The van der Waals surface area contributed by atoms with Gasteiger partial charge in [0, 0.05) is 12.5 Å². The topological polar surface area (TPSA) is 12.0 Å². The van der Waals surface area contributed by atoms with Gasteiger partial charge in [0.2, 0.25) is 0 Å². The molecule has 0 radical (unpaired) electrons. The molecule has 1 unspecified atom stereocenters. The Hall–Kier alpha value is -1.26. The van der Waals surface area contributed by atoms with Crippen molar-refractivity contribution in [2.24, 2.45) is 0 Å². The Morgan fingerprint density at radius 3 is 2.32 bits per heavy atom. The van der Waals surface area contributed by atoms with Gasteiger partial charge in [-0.15, -0.1) is 12.3 Å². The third-order valence-electron chi connectivity index (χ3n) is 3.44. The first-order valence-corrected chi connectivity index (χ1v) is 7.26. The molecule has 0 amide bonds. The number of benzene rings is 1. The molecule has 1 aromatic carbocycles. The molecule has 0 heterocycles. The fourth-order valence-electron chi connectivity index (χ4n) is 2.26. The smallest absolute Gasteiger partial charge is 0.0320 e. The van der Waals surface area contributed by atoms with Crippen LogP contribution in [0, 0.1) is 12.3 Å². The van der Waals surface area contributed by atoms with Crippen LogP contribution in [0.1, 0.15) is 64.1 Å². The molecule has 1 atom stereocenters. The van der Waals surface area contributed by atoms with Crippen molar-refractivity contribution < 1.29 is 0 Å². The largest absolute Gasteiger partial charge is 0.310 e. The van der Waals surface area contributed by atoms with Crippen molar-refractivity contribution in [2.45, 2.75) is 58.4 Å². The number of rotatable bonds is 6. The molecule has 0 fully saturated rings. The van der Waals surface area contributed by atoms with E-state index in [0.29, 0.717) is 6.04 Å². The average Bonchev–Trinajstić information content (AvgIpc) is 2.37. The molecular weight excluding hydrogens is 230 g/mol. The highest BCUT2D eigenvalue weighted by molar-refractivity contribution is 5.29. The van der Waals surface area contributed by atoms with E-state index in [-0.39, 0.29) is 5.41 Å². The average molecular weight is 257 g/mol. The SMILES string of the molecule is C#CCCCC(NCC)c1ccc(C(C)(C)C)cc1. The van der Waals surface area contributed by atoms with E-state index in [0.717, 1.165) is 25.8 Å². The normalized spacial score (nSPS) is 13.0. The van der Waals surface area contributed by atoms with Crippen LogP contribution in [0.4, 0.5) is 0 Å². The highest BCUT2D eigenvalue weighted by Gasteiger charge is 2.15. The van der Waals surface area contributed by atoms with Gasteiger partial charge >= 0.3 is 0 Å². The molecule has 0 saturated carbocycles. The first-order chi connectivity index (χ1) is 8.99. The maximum atomic E-state index is 5.32. The standard InChI is InChI=1S/C18H27N/c1-6-8-9-10-17(19-7-2)15-11-13-16(14-12-15)18(3,4)5/h1,11-14,17,19H,7-10H2,2-5H3. The minimum atomic E-state index is 0.218. The summed E-state index contributed by atoms with van der Waals surface area (Å²) in [6, 6.07) is 9.43. The second-order valence-electron chi connectivity index (χ2n) is 6.08. The van der Waals surface area contributed by atoms with Crippen molar-refractivity contribution in [2.75, 3.05) is 6.54 Å². The van der Waals surface area contributed by atoms with Gasteiger partial charge in [-0.25, -0.2) is 0 Å². The van der Waals surface area contributed by atoms with E-state index in [1.165, 1.54) is 11.1 Å². The molecule has 0 bridgehead atoms. The molecule has 1 aromatic rings. The van der Waals surface area contributed by atoms with Crippen molar-refractivity contribution in [3.05, 3.63) is 35.4 Å². The third-order valence-corrected chi connectivity index (χ3v) is 3.44. The molecule has 0 saturated heterocycles. The lowest BCUT2D eigenvalue weighted by Crippen LogP contribution is -2.21. The van der Waals surface area contributed by atoms with Crippen LogP contribution in [0.25, 0.3) is 0 Å². The quantitative estimate of drug-likeness (QED) is 0.587. The van der Waals surface area contributed by atoms with Crippen LogP contribution in [-0.4, -0.2) is 6.54 Å². The molecule has 1 rings (SSSR count). The van der Waals surface area contributed by atoms with Crippen molar-refractivity contribution >= 4 is 0 Å². The van der Waals surface area contributed by atoms with Crippen LogP contribution in [-0.2, 0) is 5.41 Å². The summed E-state index contributed by atoms with van der Waals surface area (Å²) >= 11 is 0. The van der Waals surface area contributed by atoms with Gasteiger partial charge in [-0.1, -0.05) is 52.0 Å². The van der Waals surface area contributed by atoms with Crippen LogP contribution in [0.3, 0.4) is 0 Å². The predicted molar refractivity (Wildman–Crippen MR) is 84.2 cm³/mol. The summed E-state index contributed by atoms with van der Waals surface area (Å²) in [5, 5.41) is 3.55. The van der Waals surface area contributed by atoms with Gasteiger partial charge in [0.15, 0.2) is 0 Å². The van der Waals surface area contributed by atoms with Crippen molar-refractivity contribution in [3.63, 3.8) is 0 Å². The highest BCUT2D eigenvalue weighted by atomic mass is 14.9. The zero-order valence-corrected chi connectivity index (χ0v) is 12.8. The van der Waals surface area contributed by atoms with E-state index in [1.807, 2.05) is 0 Å². The zero-order valence-electron chi connectivity index (χ0n) is 12.8. The monoisotopic (exact) mass is 257 g/mol. The summed E-state index contributed by atoms with van der Waals surface area (Å²) in [6.07, 6.45) is 8.37. The molecule has 19 heavy (non-hydrogen) atoms. The molecule has 1 heteroatoms. The third kappa shape index (κ3) is 5.09. The fraction of sp³-hybridized carbons (Fsp3) is 0.556. The second-order valence-corrected chi connectivity index (χ2v) is 6.08. The Morgan fingerprint density at radius 1 is 1.21 bits per heavy atom. The number of unbranched alkanes of at least 4 members (excludes halogenated alkanes) is 1. The summed E-state index contributed by atoms with van der Waals surface area (Å²) in [4.78, 5) is 0. The Labute approximate surface area is 118 Å². The van der Waals surface area contributed by atoms with Gasteiger partial charge < -0.3 is 5.32 Å². The molecule has 104 valence electrons. The summed E-state index contributed by atoms with van der Waals surface area (Å²) in [5.74, 6) is 2.72. The van der Waals surface area contributed by atoms with E-state index in [2.05, 4.69) is 63.2 Å². The first kappa shape index (κ1) is 15.8. The van der Waals surface area contributed by atoms with Gasteiger partial charge in [0.25, 0.3) is 0 Å². The molecule has 0 aliphatic carbocycles. The molecule has 0 aliphatic rings. The number of terminal acetylenes is 1. The lowest BCUT2D eigenvalue weighted by atomic mass is 9.86. The molecule has 0 aromatic heterocycles. The minimum absolute atomic E-state index is 0.218. The molecule has 0 aliphatic heterocycles. The van der Waals surface area contributed by atoms with Crippen molar-refractivity contribution in [1.82, 2.24) is 5.32 Å². The van der Waals surface area contributed by atoms with E-state index < -0.39 is 0 Å². The zero-order chi connectivity index (χ0) is 14.3. The Balaban J connectivity index is 2.77. The maximum absolute atomic E-state index is 5.32. The van der Waals surface area contributed by atoms with Crippen LogP contribution < -0.4 is 5.32 Å². The van der Waals surface area contributed by atoms with Gasteiger partial charge in [-0.3, -0.25) is 0 Å². The summed E-state index contributed by atoms with van der Waals surface area (Å²) in [7, 11) is 0. The van der Waals surface area contributed by atoms with Crippen molar-refractivity contribution in [3.8, 4) is 12.3 Å². The Bertz CT molecular complexity index is 403. The summed E-state index contributed by atoms with van der Waals surface area (Å²) in [5.41, 5.74) is 2.97. The van der Waals surface area contributed by atoms with E-state index >= 15 is 0 Å².